The van der Waals surface area contributed by atoms with Crippen LogP contribution in [0.25, 0.3) is 0 Å². The molecule has 3 saturated heterocycles. The molecule has 0 saturated carbocycles. The molecule has 4 rings (SSSR count). The molecule has 140 heavy (non-hydrogen) atoms. The topological polar surface area (TPSA) is 637 Å². The van der Waals surface area contributed by atoms with E-state index in [1.807, 2.05) is 6.07 Å². The molecular formula is C91H140N10O39. The Morgan fingerprint density at radius 2 is 0.557 bits per heavy atom. The van der Waals surface area contributed by atoms with Crippen LogP contribution in [0.5, 0.6) is 0 Å². The Labute approximate surface area is 811 Å². The second-order valence-corrected chi connectivity index (χ2v) is 33.0. The van der Waals surface area contributed by atoms with E-state index >= 15 is 0 Å². The van der Waals surface area contributed by atoms with Gasteiger partial charge in [-0.2, -0.15) is 0 Å². The van der Waals surface area contributed by atoms with Crippen molar-refractivity contribution in [3.05, 3.63) is 35.9 Å². The number of hydrogen-bond donors (Lipinski definition) is 10. The largest absolute Gasteiger partial charge is 0.463 e. The van der Waals surface area contributed by atoms with E-state index in [2.05, 4.69) is 53.2 Å². The molecule has 3 aliphatic rings. The Kier molecular flexibility index (Phi) is 58.2. The maximum absolute atomic E-state index is 14.1. The molecule has 788 valence electrons. The van der Waals surface area contributed by atoms with Crippen molar-refractivity contribution >= 4 is 119 Å². The van der Waals surface area contributed by atoms with Gasteiger partial charge in [-0.15, -0.1) is 0 Å². The fourth-order valence-electron chi connectivity index (χ4n) is 14.3. The van der Waals surface area contributed by atoms with Gasteiger partial charge in [0.05, 0.1) is 39.6 Å². The van der Waals surface area contributed by atoms with Gasteiger partial charge in [0.15, 0.2) is 55.5 Å². The van der Waals surface area contributed by atoms with Crippen LogP contribution >= 0.6 is 0 Å². The zero-order valence-corrected chi connectivity index (χ0v) is 81.6. The van der Waals surface area contributed by atoms with Gasteiger partial charge in [-0.25, -0.2) is 0 Å². The number of carbonyl (C=O) groups is 20. The highest BCUT2D eigenvalue weighted by atomic mass is 16.7. The molecule has 15 unspecified atom stereocenters. The predicted octanol–water partition coefficient (Wildman–Crippen LogP) is -0.628. The lowest BCUT2D eigenvalue weighted by Gasteiger charge is -2.44. The third-order valence-corrected chi connectivity index (χ3v) is 20.4. The molecule has 10 amide bonds. The Morgan fingerprint density at radius 3 is 0.829 bits per heavy atom. The van der Waals surface area contributed by atoms with E-state index in [0.717, 1.165) is 67.9 Å². The zero-order chi connectivity index (χ0) is 103. The number of benzene rings is 1. The van der Waals surface area contributed by atoms with Crippen molar-refractivity contribution in [2.75, 3.05) is 119 Å². The average molecular weight is 2000 g/mol. The molecule has 1 aromatic rings. The van der Waals surface area contributed by atoms with E-state index in [4.69, 9.17) is 90.0 Å². The molecule has 3 heterocycles. The van der Waals surface area contributed by atoms with Gasteiger partial charge in [-0.05, 0) is 69.8 Å². The summed E-state index contributed by atoms with van der Waals surface area (Å²) in [6, 6.07) is 5.40. The highest BCUT2D eigenvalue weighted by Gasteiger charge is 2.55. The van der Waals surface area contributed by atoms with Crippen molar-refractivity contribution in [1.82, 2.24) is 53.2 Å². The molecule has 0 aliphatic carbocycles. The lowest BCUT2D eigenvalue weighted by Crippen LogP contribution is -2.66. The zero-order valence-electron chi connectivity index (χ0n) is 81.6. The van der Waals surface area contributed by atoms with Crippen molar-refractivity contribution in [3.63, 3.8) is 0 Å². The number of unbranched alkanes of at least 4 members (excludes halogenated alkanes) is 3. The molecule has 0 aromatic heterocycles. The van der Waals surface area contributed by atoms with Gasteiger partial charge in [-0.3, -0.25) is 95.9 Å². The van der Waals surface area contributed by atoms with Gasteiger partial charge in [0.1, 0.15) is 68.4 Å². The first kappa shape index (κ1) is 121. The summed E-state index contributed by atoms with van der Waals surface area (Å²) in [6.07, 6.45) is -13.3. The third kappa shape index (κ3) is 52.0. The summed E-state index contributed by atoms with van der Waals surface area (Å²) in [4.78, 5) is 251. The van der Waals surface area contributed by atoms with E-state index < -0.39 is 218 Å². The summed E-state index contributed by atoms with van der Waals surface area (Å²) in [5, 5.41) is 27.4. The van der Waals surface area contributed by atoms with Gasteiger partial charge >= 0.3 is 59.7 Å². The Hall–Kier alpha value is -11.7. The van der Waals surface area contributed by atoms with E-state index in [0.29, 0.717) is 57.8 Å². The van der Waals surface area contributed by atoms with Crippen LogP contribution in [0, 0.1) is 0 Å². The van der Waals surface area contributed by atoms with Crippen LogP contribution in [-0.2, 0) is 192 Å². The number of ether oxygens (including phenoxy) is 19. The Bertz CT molecular complexity index is 3800. The van der Waals surface area contributed by atoms with Crippen LogP contribution < -0.4 is 53.2 Å². The van der Waals surface area contributed by atoms with Crippen molar-refractivity contribution in [3.8, 4) is 0 Å². The maximum Gasteiger partial charge on any atom is 0.306 e. The lowest BCUT2D eigenvalue weighted by atomic mass is 9.96. The summed E-state index contributed by atoms with van der Waals surface area (Å²) in [5.74, 6) is -11.8. The number of nitrogens with one attached hydrogen (secondary N) is 10. The fourth-order valence-corrected chi connectivity index (χ4v) is 14.3. The number of carbonyl (C=O) groups excluding carboxylic acids is 20. The average Bonchev–Trinajstić information content (AvgIpc) is 0.793. The molecular weight excluding hydrogens is 1860 g/mol. The fraction of sp³-hybridized carbons (Fsp3) is 0.714. The highest BCUT2D eigenvalue weighted by Crippen LogP contribution is 2.32. The second kappa shape index (κ2) is 67.6. The predicted molar refractivity (Wildman–Crippen MR) is 481 cm³/mol. The summed E-state index contributed by atoms with van der Waals surface area (Å²) < 4.78 is 108. The van der Waals surface area contributed by atoms with E-state index in [1.54, 1.807) is 24.3 Å². The monoisotopic (exact) mass is 2000 g/mol. The number of esters is 10. The minimum absolute atomic E-state index is 0.000110. The summed E-state index contributed by atoms with van der Waals surface area (Å²) in [7, 11) is 0. The summed E-state index contributed by atoms with van der Waals surface area (Å²) >= 11 is 0. The van der Waals surface area contributed by atoms with Crippen molar-refractivity contribution in [1.29, 1.82) is 0 Å². The molecule has 0 radical (unpaired) electrons. The lowest BCUT2D eigenvalue weighted by molar-refractivity contribution is -0.277. The molecule has 10 N–H and O–H groups in total. The molecule has 0 spiro atoms. The minimum Gasteiger partial charge on any atom is -0.463 e. The van der Waals surface area contributed by atoms with Crippen LogP contribution in [0.1, 0.15) is 204 Å². The third-order valence-electron chi connectivity index (χ3n) is 20.4. The molecule has 3 aliphatic heterocycles. The summed E-state index contributed by atoms with van der Waals surface area (Å²) in [5.41, 5.74) is -0.840. The van der Waals surface area contributed by atoms with E-state index in [1.165, 1.54) is 20.8 Å². The van der Waals surface area contributed by atoms with Crippen molar-refractivity contribution in [2.24, 2.45) is 0 Å². The maximum atomic E-state index is 14.1. The number of hydrogen-bond acceptors (Lipinski definition) is 39. The van der Waals surface area contributed by atoms with Crippen LogP contribution in [0.3, 0.4) is 0 Å². The van der Waals surface area contributed by atoms with Gasteiger partial charge in [-0.1, -0.05) is 30.3 Å². The quantitative estimate of drug-likeness (QED) is 0.0220. The van der Waals surface area contributed by atoms with E-state index in [9.17, 15) is 95.9 Å². The van der Waals surface area contributed by atoms with Crippen LogP contribution in [0.4, 0.5) is 0 Å². The first-order valence-electron chi connectivity index (χ1n) is 46.5. The molecule has 15 atom stereocenters. The van der Waals surface area contributed by atoms with Crippen LogP contribution in [-0.4, -0.2) is 335 Å². The van der Waals surface area contributed by atoms with E-state index in [-0.39, 0.29) is 181 Å². The standard InChI is InChI=1S/C91H140N10O39/c1-55(102)98-79-85(135-64(10)111)82(132-61(7)108)68(49-128-58(4)105)138-88(79)125-42-19-16-28-71(114)92-36-23-39-95-74(117)33-45-122-52-91(101-77(120)31-22-32-78(121)131-48-67-26-14-13-15-27-67,53-123-46-34-75(118)96-40-24-37-93-72(115)29-17-20-43-126-89-80(99-56(2)103)86(136-65(11)112)83(133-62(8)109)69(139-89)50-129-59(5)106)54-124-47-35-76(119)97-41-25-38-94-73(116)30-18-21-44-127-90-81(100-57(3)104)87(137-66(12)113)84(134-63(9)110)70(140-90)51-130-60(6)107/h13-15,26-27,68-70,79-90H,16-25,28-54H2,1-12H3,(H,92,114)(H,93,115)(H,94,116)(H,95,117)(H,96,118)(H,97,119)(H,98,102)(H,99,103)(H,100,104)(H,101,120). The van der Waals surface area contributed by atoms with Crippen LogP contribution in [0.2, 0.25) is 0 Å². The van der Waals surface area contributed by atoms with Gasteiger partial charge in [0.2, 0.25) is 59.1 Å². The Balaban J connectivity index is 1.37. The molecule has 1 aromatic carbocycles. The first-order chi connectivity index (χ1) is 66.6. The van der Waals surface area contributed by atoms with Crippen LogP contribution in [0.15, 0.2) is 30.3 Å². The molecule has 0 bridgehead atoms. The van der Waals surface area contributed by atoms with Gasteiger partial charge in [0.25, 0.3) is 0 Å². The molecule has 49 nitrogen and oxygen atoms in total. The normalized spacial score (nSPS) is 21.1. The van der Waals surface area contributed by atoms with Gasteiger partial charge in [0, 0.05) is 194 Å². The smallest absolute Gasteiger partial charge is 0.306 e. The van der Waals surface area contributed by atoms with Crippen molar-refractivity contribution < 1.29 is 186 Å². The Morgan fingerprint density at radius 1 is 0.286 bits per heavy atom. The molecule has 3 fully saturated rings. The minimum atomic E-state index is -1.59. The first-order valence-corrected chi connectivity index (χ1v) is 46.5. The SMILES string of the molecule is CC(=O)NC1C(OCCCCC(=O)NCCCNC(=O)CCOCC(COCCC(=O)NCCCNC(=O)CCCCOC2OC(COC(C)=O)C(OC(C)=O)C(OC(C)=O)C2NC(C)=O)(COCCC(=O)NCCCNC(=O)CCCCOC2OC(COC(C)=O)C(OC(C)=O)C(OC(C)=O)C2NC(C)=O)NC(=O)CCCC(=O)OCc2ccccc2)OC(COC(C)=O)C(OC(C)=O)C1OC(C)=O. The highest BCUT2D eigenvalue weighted by molar-refractivity contribution is 5.81. The number of amides is 10. The summed E-state index contributed by atoms with van der Waals surface area (Å²) in [6.45, 7) is 11.5. The van der Waals surface area contributed by atoms with Gasteiger partial charge < -0.3 is 143 Å². The molecule has 49 heteroatoms. The number of rotatable bonds is 67. The second-order valence-electron chi connectivity index (χ2n) is 33.0. The van der Waals surface area contributed by atoms with Crippen molar-refractivity contribution in [2.45, 2.75) is 303 Å².